The van der Waals surface area contributed by atoms with Gasteiger partial charge in [-0.25, -0.2) is 22.7 Å². The molecule has 1 aromatic carbocycles. The Balaban J connectivity index is 1.92. The Morgan fingerprint density at radius 2 is 1.94 bits per heavy atom. The van der Waals surface area contributed by atoms with E-state index in [4.69, 9.17) is 4.74 Å². The molecule has 13 heteroatoms. The third kappa shape index (κ3) is 6.84. The van der Waals surface area contributed by atoms with Crippen LogP contribution in [0.25, 0.3) is 0 Å². The van der Waals surface area contributed by atoms with E-state index < -0.39 is 27.8 Å². The maximum Gasteiger partial charge on any atom is 0.419 e. The maximum atomic E-state index is 13.8. The first-order valence-corrected chi connectivity index (χ1v) is 13.2. The minimum Gasteiger partial charge on any atom is -0.494 e. The molecule has 198 valence electrons. The molecular weight excluding hydrogens is 499 g/mol. The summed E-state index contributed by atoms with van der Waals surface area (Å²) in [6, 6.07) is 4.34. The van der Waals surface area contributed by atoms with Gasteiger partial charge in [-0.2, -0.15) is 13.2 Å². The number of aromatic nitrogens is 2. The first kappa shape index (κ1) is 27.7. The number of ether oxygens (including phenoxy) is 1. The van der Waals surface area contributed by atoms with Gasteiger partial charge in [0.25, 0.3) is 0 Å². The van der Waals surface area contributed by atoms with Gasteiger partial charge in [-0.1, -0.05) is 12.8 Å². The molecule has 2 N–H and O–H groups in total. The van der Waals surface area contributed by atoms with Crippen LogP contribution in [0.1, 0.15) is 43.9 Å². The number of benzene rings is 1. The molecule has 1 heterocycles. The number of carbonyl (C=O) groups excluding carboxylic acids is 1. The van der Waals surface area contributed by atoms with Crippen LogP contribution in [0.4, 0.5) is 30.5 Å². The molecule has 1 aromatic heterocycles. The molecular formula is C23H30F3N5O4S. The van der Waals surface area contributed by atoms with Gasteiger partial charge in [-0.05, 0) is 37.3 Å². The molecule has 1 saturated carbocycles. The largest absolute Gasteiger partial charge is 0.494 e. The van der Waals surface area contributed by atoms with Gasteiger partial charge in [0.05, 0.1) is 30.3 Å². The Labute approximate surface area is 208 Å². The van der Waals surface area contributed by atoms with Gasteiger partial charge in [0.1, 0.15) is 5.75 Å². The second-order valence-electron chi connectivity index (χ2n) is 8.87. The standard InChI is InChI=1S/C23H30F3N5O4S/c1-14(32)28-18-10-9-16(12-21(18)35-3)29-22-27-13-17(23(24,25)26)19(30-22)11-15-7-5-6-8-20(15)31(2)36(4,33)34/h9-10,12-13,15,20H,5-8,11H2,1-4H3,(H,28,32)(H,27,29,30)/t15-,20+/m0/s1. The quantitative estimate of drug-likeness (QED) is 0.527. The Morgan fingerprint density at radius 3 is 2.56 bits per heavy atom. The van der Waals surface area contributed by atoms with Crippen molar-refractivity contribution in [2.24, 2.45) is 5.92 Å². The van der Waals surface area contributed by atoms with Gasteiger partial charge in [0.2, 0.25) is 21.9 Å². The van der Waals surface area contributed by atoms with E-state index in [1.54, 1.807) is 18.2 Å². The summed E-state index contributed by atoms with van der Waals surface area (Å²) in [5, 5.41) is 5.51. The normalized spacial score (nSPS) is 18.7. The topological polar surface area (TPSA) is 114 Å². The fraction of sp³-hybridized carbons (Fsp3) is 0.522. The highest BCUT2D eigenvalue weighted by Gasteiger charge is 2.38. The van der Waals surface area contributed by atoms with Gasteiger partial charge in [-0.3, -0.25) is 4.79 Å². The average Bonchev–Trinajstić information content (AvgIpc) is 2.78. The van der Waals surface area contributed by atoms with Crippen molar-refractivity contribution in [2.45, 2.75) is 51.2 Å². The van der Waals surface area contributed by atoms with Crippen LogP contribution in [-0.2, 0) is 27.4 Å². The summed E-state index contributed by atoms with van der Waals surface area (Å²) in [7, 11) is -0.617. The zero-order chi connectivity index (χ0) is 26.7. The van der Waals surface area contributed by atoms with Crippen LogP contribution >= 0.6 is 0 Å². The predicted octanol–water partition coefficient (Wildman–Crippen LogP) is 4.20. The van der Waals surface area contributed by atoms with E-state index >= 15 is 0 Å². The van der Waals surface area contributed by atoms with Crippen LogP contribution in [0.5, 0.6) is 5.75 Å². The molecule has 1 aliphatic carbocycles. The third-order valence-corrected chi connectivity index (χ3v) is 7.57. The summed E-state index contributed by atoms with van der Waals surface area (Å²) in [6.07, 6.45) is -0.0888. The molecule has 0 radical (unpaired) electrons. The molecule has 0 unspecified atom stereocenters. The molecule has 0 saturated heterocycles. The number of amides is 1. The number of carbonyl (C=O) groups is 1. The molecule has 1 aliphatic rings. The van der Waals surface area contributed by atoms with Gasteiger partial charge < -0.3 is 15.4 Å². The SMILES string of the molecule is COc1cc(Nc2ncc(C(F)(F)F)c(C[C@@H]3CCCC[C@H]3N(C)S(C)(=O)=O)n2)ccc1NC(C)=O. The van der Waals surface area contributed by atoms with E-state index in [1.807, 2.05) is 0 Å². The number of anilines is 3. The Kier molecular flexibility index (Phi) is 8.44. The first-order valence-electron chi connectivity index (χ1n) is 11.4. The van der Waals surface area contributed by atoms with Crippen molar-refractivity contribution in [2.75, 3.05) is 31.0 Å². The Hall–Kier alpha value is -2.93. The van der Waals surface area contributed by atoms with Gasteiger partial charge in [0, 0.05) is 38.0 Å². The molecule has 36 heavy (non-hydrogen) atoms. The van der Waals surface area contributed by atoms with Crippen molar-refractivity contribution >= 4 is 33.3 Å². The van der Waals surface area contributed by atoms with Gasteiger partial charge in [0.15, 0.2) is 0 Å². The number of nitrogens with one attached hydrogen (secondary N) is 2. The van der Waals surface area contributed by atoms with Crippen molar-refractivity contribution in [3.05, 3.63) is 35.7 Å². The summed E-state index contributed by atoms with van der Waals surface area (Å²) in [5.41, 5.74) is -0.263. The van der Waals surface area contributed by atoms with Crippen molar-refractivity contribution in [3.63, 3.8) is 0 Å². The summed E-state index contributed by atoms with van der Waals surface area (Å²) in [5.74, 6) is -0.307. The highest BCUT2D eigenvalue weighted by molar-refractivity contribution is 7.88. The Bertz CT molecular complexity index is 1210. The molecule has 0 aliphatic heterocycles. The van der Waals surface area contributed by atoms with Crippen molar-refractivity contribution in [3.8, 4) is 5.75 Å². The van der Waals surface area contributed by atoms with Crippen LogP contribution in [0, 0.1) is 5.92 Å². The molecule has 1 fully saturated rings. The van der Waals surface area contributed by atoms with Gasteiger partial charge in [-0.15, -0.1) is 0 Å². The second kappa shape index (κ2) is 11.0. The maximum absolute atomic E-state index is 13.8. The minimum atomic E-state index is -4.66. The monoisotopic (exact) mass is 529 g/mol. The number of rotatable bonds is 8. The van der Waals surface area contributed by atoms with Crippen molar-refractivity contribution in [1.29, 1.82) is 0 Å². The van der Waals surface area contributed by atoms with E-state index in [1.165, 1.54) is 25.4 Å². The average molecular weight is 530 g/mol. The van der Waals surface area contributed by atoms with Crippen LogP contribution < -0.4 is 15.4 Å². The lowest BCUT2D eigenvalue weighted by atomic mass is 9.81. The summed E-state index contributed by atoms with van der Waals surface area (Å²) in [6.45, 7) is 1.35. The Morgan fingerprint density at radius 1 is 1.25 bits per heavy atom. The fourth-order valence-electron chi connectivity index (χ4n) is 4.46. The molecule has 0 bridgehead atoms. The zero-order valence-electron chi connectivity index (χ0n) is 20.5. The highest BCUT2D eigenvalue weighted by Crippen LogP contribution is 2.37. The summed E-state index contributed by atoms with van der Waals surface area (Å²) in [4.78, 5) is 19.4. The van der Waals surface area contributed by atoms with Crippen molar-refractivity contribution in [1.82, 2.24) is 14.3 Å². The number of alkyl halides is 3. The van der Waals surface area contributed by atoms with Crippen LogP contribution in [0.15, 0.2) is 24.4 Å². The van der Waals surface area contributed by atoms with E-state index in [0.29, 0.717) is 30.0 Å². The van der Waals surface area contributed by atoms with E-state index in [-0.39, 0.29) is 29.9 Å². The summed E-state index contributed by atoms with van der Waals surface area (Å²) >= 11 is 0. The molecule has 0 spiro atoms. The molecule has 2 aromatic rings. The molecule has 9 nitrogen and oxygen atoms in total. The van der Waals surface area contributed by atoms with Crippen LogP contribution in [0.2, 0.25) is 0 Å². The first-order chi connectivity index (χ1) is 16.8. The van der Waals surface area contributed by atoms with Crippen molar-refractivity contribution < 1.29 is 31.1 Å². The number of hydrogen-bond acceptors (Lipinski definition) is 7. The van der Waals surface area contributed by atoms with Gasteiger partial charge >= 0.3 is 6.18 Å². The third-order valence-electron chi connectivity index (χ3n) is 6.26. The zero-order valence-corrected chi connectivity index (χ0v) is 21.3. The molecule has 3 rings (SSSR count). The van der Waals surface area contributed by atoms with E-state index in [9.17, 15) is 26.4 Å². The lowest BCUT2D eigenvalue weighted by molar-refractivity contribution is -0.138. The summed E-state index contributed by atoms with van der Waals surface area (Å²) < 4.78 is 72.2. The number of sulfonamides is 1. The van der Waals surface area contributed by atoms with Crippen LogP contribution in [-0.4, -0.2) is 55.1 Å². The van der Waals surface area contributed by atoms with E-state index in [0.717, 1.165) is 25.3 Å². The van der Waals surface area contributed by atoms with Crippen LogP contribution in [0.3, 0.4) is 0 Å². The number of halogens is 3. The number of nitrogens with zero attached hydrogens (tertiary/aromatic N) is 3. The molecule has 1 amide bonds. The smallest absolute Gasteiger partial charge is 0.419 e. The lowest BCUT2D eigenvalue weighted by Gasteiger charge is -2.37. The fourth-order valence-corrected chi connectivity index (χ4v) is 5.23. The van der Waals surface area contributed by atoms with E-state index in [2.05, 4.69) is 20.6 Å². The lowest BCUT2D eigenvalue weighted by Crippen LogP contribution is -2.44. The highest BCUT2D eigenvalue weighted by atomic mass is 32.2. The second-order valence-corrected chi connectivity index (χ2v) is 10.9. The number of methoxy groups -OCH3 is 1. The molecule has 2 atom stereocenters. The predicted molar refractivity (Wildman–Crippen MR) is 130 cm³/mol. The number of hydrogen-bond donors (Lipinski definition) is 2. The minimum absolute atomic E-state index is 0.0403.